The summed E-state index contributed by atoms with van der Waals surface area (Å²) in [7, 11) is 0. The lowest BCUT2D eigenvalue weighted by molar-refractivity contribution is -0.139. The van der Waals surface area contributed by atoms with Crippen molar-refractivity contribution in [3.8, 4) is 0 Å². The van der Waals surface area contributed by atoms with Crippen LogP contribution in [0.5, 0.6) is 0 Å². The van der Waals surface area contributed by atoms with Crippen LogP contribution in [0, 0.1) is 6.92 Å². The summed E-state index contributed by atoms with van der Waals surface area (Å²) in [5, 5.41) is 9.29. The van der Waals surface area contributed by atoms with Crippen LogP contribution in [0.4, 0.5) is 0 Å². The van der Waals surface area contributed by atoms with Gasteiger partial charge in [0.1, 0.15) is 5.92 Å². The van der Waals surface area contributed by atoms with E-state index in [1.54, 1.807) is 0 Å². The zero-order valence-corrected chi connectivity index (χ0v) is 10.6. The Kier molecular flexibility index (Phi) is 3.55. The molecule has 0 aliphatic carbocycles. The van der Waals surface area contributed by atoms with Crippen LogP contribution >= 0.6 is 0 Å². The van der Waals surface area contributed by atoms with Gasteiger partial charge in [-0.3, -0.25) is 4.79 Å². The van der Waals surface area contributed by atoms with E-state index in [0.717, 1.165) is 17.5 Å². The Balaban J connectivity index is 2.55. The third kappa shape index (κ3) is 2.32. The number of fused-ring (bicyclic) bond motifs is 1. The van der Waals surface area contributed by atoms with Gasteiger partial charge in [0, 0.05) is 0 Å². The van der Waals surface area contributed by atoms with Crippen molar-refractivity contribution >= 4 is 17.0 Å². The van der Waals surface area contributed by atoms with Crippen LogP contribution in [0.1, 0.15) is 37.1 Å². The molecule has 0 aliphatic rings. The van der Waals surface area contributed by atoms with Gasteiger partial charge in [-0.1, -0.05) is 25.5 Å². The van der Waals surface area contributed by atoms with Crippen molar-refractivity contribution in [3.63, 3.8) is 0 Å². The van der Waals surface area contributed by atoms with Gasteiger partial charge in [0.2, 0.25) is 0 Å². The summed E-state index contributed by atoms with van der Waals surface area (Å²) < 4.78 is 0. The maximum atomic E-state index is 11.3. The maximum Gasteiger partial charge on any atom is 0.312 e. The molecule has 4 nitrogen and oxygen atoms in total. The van der Waals surface area contributed by atoms with Crippen LogP contribution in [0.25, 0.3) is 11.0 Å². The number of carboxylic acid groups (broad SMARTS) is 1. The topological polar surface area (TPSA) is 63.1 Å². The molecule has 1 heterocycles. The monoisotopic (exact) mass is 244 g/mol. The van der Waals surface area contributed by atoms with Crippen molar-refractivity contribution in [1.29, 1.82) is 0 Å². The molecule has 1 N–H and O–H groups in total. The lowest BCUT2D eigenvalue weighted by atomic mass is 9.98. The zero-order chi connectivity index (χ0) is 13.1. The first-order chi connectivity index (χ1) is 8.63. The molecule has 1 atom stereocenters. The van der Waals surface area contributed by atoms with Gasteiger partial charge in [-0.2, -0.15) is 0 Å². The molecular formula is C14H16N2O2. The van der Waals surface area contributed by atoms with E-state index in [1.807, 2.05) is 38.1 Å². The number of carboxylic acids is 1. The highest BCUT2D eigenvalue weighted by Crippen LogP contribution is 2.24. The van der Waals surface area contributed by atoms with E-state index in [2.05, 4.69) is 9.97 Å². The highest BCUT2D eigenvalue weighted by Gasteiger charge is 2.23. The van der Waals surface area contributed by atoms with Crippen molar-refractivity contribution < 1.29 is 9.90 Å². The second kappa shape index (κ2) is 5.12. The van der Waals surface area contributed by atoms with Crippen LogP contribution in [-0.2, 0) is 4.79 Å². The van der Waals surface area contributed by atoms with Gasteiger partial charge in [0.05, 0.1) is 22.4 Å². The van der Waals surface area contributed by atoms with Gasteiger partial charge in [-0.15, -0.1) is 0 Å². The summed E-state index contributed by atoms with van der Waals surface area (Å²) in [4.78, 5) is 20.2. The summed E-state index contributed by atoms with van der Waals surface area (Å²) in [6.07, 6.45) is 1.40. The number of aryl methyl sites for hydroxylation is 1. The van der Waals surface area contributed by atoms with Gasteiger partial charge >= 0.3 is 5.97 Å². The normalized spacial score (nSPS) is 12.6. The molecule has 0 spiro atoms. The first kappa shape index (κ1) is 12.5. The van der Waals surface area contributed by atoms with E-state index in [9.17, 15) is 9.90 Å². The van der Waals surface area contributed by atoms with Crippen molar-refractivity contribution in [1.82, 2.24) is 9.97 Å². The van der Waals surface area contributed by atoms with E-state index in [4.69, 9.17) is 0 Å². The summed E-state index contributed by atoms with van der Waals surface area (Å²) >= 11 is 0. The average Bonchev–Trinajstić information content (AvgIpc) is 2.35. The van der Waals surface area contributed by atoms with Gasteiger partial charge in [0.25, 0.3) is 0 Å². The van der Waals surface area contributed by atoms with Crippen LogP contribution < -0.4 is 0 Å². The molecule has 0 saturated carbocycles. The third-order valence-corrected chi connectivity index (χ3v) is 2.99. The number of aromatic nitrogens is 2. The fraction of sp³-hybridized carbons (Fsp3) is 0.357. The first-order valence-corrected chi connectivity index (χ1v) is 6.09. The number of hydrogen-bond acceptors (Lipinski definition) is 3. The van der Waals surface area contributed by atoms with Crippen LogP contribution in [-0.4, -0.2) is 21.0 Å². The van der Waals surface area contributed by atoms with Gasteiger partial charge in [-0.05, 0) is 25.5 Å². The summed E-state index contributed by atoms with van der Waals surface area (Å²) in [5.41, 5.74) is 2.84. The lowest BCUT2D eigenvalue weighted by Crippen LogP contribution is -2.15. The van der Waals surface area contributed by atoms with E-state index in [0.29, 0.717) is 17.8 Å². The fourth-order valence-corrected chi connectivity index (χ4v) is 2.10. The smallest absolute Gasteiger partial charge is 0.312 e. The van der Waals surface area contributed by atoms with E-state index in [-0.39, 0.29) is 0 Å². The highest BCUT2D eigenvalue weighted by atomic mass is 16.4. The minimum absolute atomic E-state index is 0.563. The lowest BCUT2D eigenvalue weighted by Gasteiger charge is -2.13. The van der Waals surface area contributed by atoms with Crippen LogP contribution in [0.15, 0.2) is 24.3 Å². The summed E-state index contributed by atoms with van der Waals surface area (Å²) in [6.45, 7) is 3.79. The van der Waals surface area contributed by atoms with Gasteiger partial charge in [-0.25, -0.2) is 9.97 Å². The molecule has 2 rings (SSSR count). The Morgan fingerprint density at radius 1 is 1.28 bits per heavy atom. The zero-order valence-electron chi connectivity index (χ0n) is 10.6. The van der Waals surface area contributed by atoms with E-state index >= 15 is 0 Å². The molecular weight excluding hydrogens is 228 g/mol. The third-order valence-electron chi connectivity index (χ3n) is 2.99. The molecule has 0 aliphatic heterocycles. The van der Waals surface area contributed by atoms with Gasteiger partial charge in [0.15, 0.2) is 0 Å². The number of benzene rings is 1. The Morgan fingerprint density at radius 2 is 1.89 bits per heavy atom. The SMILES string of the molecule is CCCC(C(=O)O)c1nc2ccccc2nc1C. The van der Waals surface area contributed by atoms with E-state index in [1.165, 1.54) is 0 Å². The Morgan fingerprint density at radius 3 is 2.44 bits per heavy atom. The number of para-hydroxylation sites is 2. The minimum atomic E-state index is -0.829. The molecule has 1 aromatic heterocycles. The van der Waals surface area contributed by atoms with Crippen molar-refractivity contribution in [2.75, 3.05) is 0 Å². The molecule has 1 aromatic carbocycles. The molecule has 0 bridgehead atoms. The quantitative estimate of drug-likeness (QED) is 0.898. The summed E-state index contributed by atoms with van der Waals surface area (Å²) in [6, 6.07) is 7.52. The maximum absolute atomic E-state index is 11.3. The highest BCUT2D eigenvalue weighted by molar-refractivity contribution is 5.78. The molecule has 1 unspecified atom stereocenters. The van der Waals surface area contributed by atoms with Crippen molar-refractivity contribution in [2.45, 2.75) is 32.6 Å². The predicted molar refractivity (Wildman–Crippen MR) is 69.6 cm³/mol. The number of aliphatic carboxylic acids is 1. The molecule has 0 amide bonds. The number of hydrogen-bond donors (Lipinski definition) is 1. The summed E-state index contributed by atoms with van der Waals surface area (Å²) in [5.74, 6) is -1.39. The molecule has 0 fully saturated rings. The van der Waals surface area contributed by atoms with Crippen molar-refractivity contribution in [2.24, 2.45) is 0 Å². The first-order valence-electron chi connectivity index (χ1n) is 6.09. The fourth-order valence-electron chi connectivity index (χ4n) is 2.10. The number of nitrogens with zero attached hydrogens (tertiary/aromatic N) is 2. The molecule has 2 aromatic rings. The molecule has 94 valence electrons. The number of rotatable bonds is 4. The minimum Gasteiger partial charge on any atom is -0.481 e. The Bertz CT molecular complexity index is 581. The molecule has 4 heteroatoms. The Labute approximate surface area is 106 Å². The molecule has 0 radical (unpaired) electrons. The van der Waals surface area contributed by atoms with Crippen LogP contribution in [0.2, 0.25) is 0 Å². The second-order valence-corrected chi connectivity index (χ2v) is 4.36. The molecule has 18 heavy (non-hydrogen) atoms. The van der Waals surface area contributed by atoms with E-state index < -0.39 is 11.9 Å². The second-order valence-electron chi connectivity index (χ2n) is 4.36. The average molecular weight is 244 g/mol. The largest absolute Gasteiger partial charge is 0.481 e. The van der Waals surface area contributed by atoms with Gasteiger partial charge < -0.3 is 5.11 Å². The van der Waals surface area contributed by atoms with Crippen LogP contribution in [0.3, 0.4) is 0 Å². The number of carbonyl (C=O) groups is 1. The standard InChI is InChI=1S/C14H16N2O2/c1-3-6-10(14(17)18)13-9(2)15-11-7-4-5-8-12(11)16-13/h4-5,7-8,10H,3,6H2,1-2H3,(H,17,18). The molecule has 0 saturated heterocycles. The predicted octanol–water partition coefficient (Wildman–Crippen LogP) is 2.91. The van der Waals surface area contributed by atoms with Crippen molar-refractivity contribution in [3.05, 3.63) is 35.7 Å². The Hall–Kier alpha value is -1.97.